The Morgan fingerprint density at radius 1 is 1.50 bits per heavy atom. The van der Waals surface area contributed by atoms with Gasteiger partial charge in [-0.25, -0.2) is 0 Å². The smallest absolute Gasteiger partial charge is 0.306 e. The van der Waals surface area contributed by atoms with E-state index >= 15 is 0 Å². The van der Waals surface area contributed by atoms with Crippen LogP contribution in [0.2, 0.25) is 0 Å². The first-order chi connectivity index (χ1) is 8.40. The van der Waals surface area contributed by atoms with Crippen LogP contribution in [0.4, 0.5) is 0 Å². The van der Waals surface area contributed by atoms with Crippen LogP contribution in [0.25, 0.3) is 0 Å². The fraction of sp³-hybridized carbons (Fsp3) is 0.929. The van der Waals surface area contributed by atoms with Crippen molar-refractivity contribution in [2.45, 2.75) is 26.7 Å². The maximum atomic E-state index is 10.7. The predicted octanol–water partition coefficient (Wildman–Crippen LogP) is 1.27. The van der Waals surface area contributed by atoms with E-state index in [-0.39, 0.29) is 5.92 Å². The lowest BCUT2D eigenvalue weighted by Crippen LogP contribution is -2.37. The molecule has 0 aromatic rings. The second-order valence-corrected chi connectivity index (χ2v) is 6.81. The molecule has 18 heavy (non-hydrogen) atoms. The summed E-state index contributed by atoms with van der Waals surface area (Å²) in [6, 6.07) is 0. The summed E-state index contributed by atoms with van der Waals surface area (Å²) in [5, 5.41) is 12.3. The average molecular weight is 254 g/mol. The second kappa shape index (κ2) is 5.17. The zero-order valence-corrected chi connectivity index (χ0v) is 11.8. The summed E-state index contributed by atoms with van der Waals surface area (Å²) in [4.78, 5) is 13.1. The molecule has 1 saturated carbocycles. The zero-order chi connectivity index (χ0) is 13.3. The van der Waals surface area contributed by atoms with Crippen molar-refractivity contribution >= 4 is 5.97 Å². The van der Waals surface area contributed by atoms with Crippen LogP contribution in [0.3, 0.4) is 0 Å². The van der Waals surface area contributed by atoms with E-state index in [4.69, 9.17) is 5.11 Å². The monoisotopic (exact) mass is 254 g/mol. The predicted molar refractivity (Wildman–Crippen MR) is 71.5 cm³/mol. The molecule has 1 aliphatic carbocycles. The van der Waals surface area contributed by atoms with Crippen molar-refractivity contribution < 1.29 is 9.90 Å². The third-order valence-corrected chi connectivity index (χ3v) is 4.72. The fourth-order valence-corrected chi connectivity index (χ4v) is 3.07. The number of nitrogens with zero attached hydrogens (tertiary/aromatic N) is 1. The molecule has 104 valence electrons. The van der Waals surface area contributed by atoms with Gasteiger partial charge in [-0.2, -0.15) is 0 Å². The van der Waals surface area contributed by atoms with Crippen LogP contribution in [0.5, 0.6) is 0 Å². The molecule has 0 bridgehead atoms. The minimum Gasteiger partial charge on any atom is -0.481 e. The van der Waals surface area contributed by atoms with Gasteiger partial charge in [0.05, 0.1) is 5.92 Å². The van der Waals surface area contributed by atoms with Crippen LogP contribution in [0.1, 0.15) is 26.7 Å². The summed E-state index contributed by atoms with van der Waals surface area (Å²) < 4.78 is 0. The Labute approximate surface area is 110 Å². The van der Waals surface area contributed by atoms with Crippen molar-refractivity contribution in [3.8, 4) is 0 Å². The lowest BCUT2D eigenvalue weighted by molar-refractivity contribution is -0.138. The summed E-state index contributed by atoms with van der Waals surface area (Å²) >= 11 is 0. The van der Waals surface area contributed by atoms with Crippen LogP contribution in [-0.4, -0.2) is 49.2 Å². The van der Waals surface area contributed by atoms with Crippen LogP contribution in [0.15, 0.2) is 0 Å². The summed E-state index contributed by atoms with van der Waals surface area (Å²) in [6.07, 6.45) is 2.14. The summed E-state index contributed by atoms with van der Waals surface area (Å²) in [5.41, 5.74) is 0.304. The highest BCUT2D eigenvalue weighted by Gasteiger charge is 2.43. The first-order valence-electron chi connectivity index (χ1n) is 7.02. The minimum atomic E-state index is -0.626. The minimum absolute atomic E-state index is 0.0850. The molecule has 1 heterocycles. The third-order valence-electron chi connectivity index (χ3n) is 4.72. The molecule has 4 nitrogen and oxygen atoms in total. The molecule has 1 saturated heterocycles. The van der Waals surface area contributed by atoms with Gasteiger partial charge in [0, 0.05) is 13.1 Å². The Kier molecular flexibility index (Phi) is 3.97. The van der Waals surface area contributed by atoms with Gasteiger partial charge in [0.15, 0.2) is 0 Å². The lowest BCUT2D eigenvalue weighted by Gasteiger charge is -2.32. The number of likely N-dealkylation sites (tertiary alicyclic amines) is 1. The molecule has 2 N–H and O–H groups in total. The lowest BCUT2D eigenvalue weighted by atomic mass is 9.78. The van der Waals surface area contributed by atoms with Crippen molar-refractivity contribution in [1.29, 1.82) is 0 Å². The van der Waals surface area contributed by atoms with E-state index in [2.05, 4.69) is 31.1 Å². The number of hydrogen-bond donors (Lipinski definition) is 2. The average Bonchev–Trinajstić information content (AvgIpc) is 2.91. The van der Waals surface area contributed by atoms with Gasteiger partial charge in [-0.05, 0) is 50.2 Å². The molecule has 3 atom stereocenters. The molecule has 2 rings (SSSR count). The number of hydrogen-bond acceptors (Lipinski definition) is 3. The number of rotatable bonds is 6. The van der Waals surface area contributed by atoms with E-state index in [1.165, 1.54) is 19.5 Å². The SMILES string of the molecule is CN1CCC(C(C)(C)CNCC2CC2C(=O)O)C1. The molecule has 2 fully saturated rings. The van der Waals surface area contributed by atoms with Crippen LogP contribution in [0, 0.1) is 23.2 Å². The third kappa shape index (κ3) is 3.23. The maximum Gasteiger partial charge on any atom is 0.306 e. The van der Waals surface area contributed by atoms with Gasteiger partial charge in [-0.15, -0.1) is 0 Å². The van der Waals surface area contributed by atoms with Gasteiger partial charge in [-0.1, -0.05) is 13.8 Å². The molecule has 2 aliphatic rings. The summed E-state index contributed by atoms with van der Waals surface area (Å²) in [7, 11) is 2.19. The van der Waals surface area contributed by atoms with Gasteiger partial charge in [0.25, 0.3) is 0 Å². The molecular weight excluding hydrogens is 228 g/mol. The number of nitrogens with one attached hydrogen (secondary N) is 1. The van der Waals surface area contributed by atoms with Gasteiger partial charge >= 0.3 is 5.97 Å². The van der Waals surface area contributed by atoms with Crippen molar-refractivity contribution in [1.82, 2.24) is 10.2 Å². The van der Waals surface area contributed by atoms with E-state index < -0.39 is 5.97 Å². The van der Waals surface area contributed by atoms with Gasteiger partial charge in [0.1, 0.15) is 0 Å². The molecule has 0 amide bonds. The summed E-state index contributed by atoms with van der Waals surface area (Å²) in [6.45, 7) is 8.90. The van der Waals surface area contributed by atoms with E-state index in [0.717, 1.165) is 25.4 Å². The number of carbonyl (C=O) groups is 1. The van der Waals surface area contributed by atoms with Gasteiger partial charge in [0.2, 0.25) is 0 Å². The van der Waals surface area contributed by atoms with Crippen LogP contribution in [-0.2, 0) is 4.79 Å². The molecule has 0 radical (unpaired) electrons. The highest BCUT2D eigenvalue weighted by Crippen LogP contribution is 2.38. The number of carboxylic acid groups (broad SMARTS) is 1. The Hall–Kier alpha value is -0.610. The standard InChI is InChI=1S/C14H26N2O2/c1-14(2,11-4-5-16(3)8-11)9-15-7-10-6-12(10)13(17)18/h10-12,15H,4-9H2,1-3H3,(H,17,18). The normalized spacial score (nSPS) is 32.7. The Morgan fingerprint density at radius 2 is 2.22 bits per heavy atom. The molecule has 1 aliphatic heterocycles. The Morgan fingerprint density at radius 3 is 2.72 bits per heavy atom. The number of aliphatic carboxylic acids is 1. The van der Waals surface area contributed by atoms with Crippen molar-refractivity contribution in [3.05, 3.63) is 0 Å². The zero-order valence-electron chi connectivity index (χ0n) is 11.8. The quantitative estimate of drug-likeness (QED) is 0.749. The molecule has 0 aromatic carbocycles. The van der Waals surface area contributed by atoms with Crippen LogP contribution < -0.4 is 5.32 Å². The van der Waals surface area contributed by atoms with E-state index in [0.29, 0.717) is 11.3 Å². The topological polar surface area (TPSA) is 52.6 Å². The maximum absolute atomic E-state index is 10.7. The van der Waals surface area contributed by atoms with Gasteiger partial charge < -0.3 is 15.3 Å². The van der Waals surface area contributed by atoms with Crippen molar-refractivity contribution in [2.75, 3.05) is 33.2 Å². The second-order valence-electron chi connectivity index (χ2n) is 6.81. The fourth-order valence-electron chi connectivity index (χ4n) is 3.07. The molecule has 4 heteroatoms. The van der Waals surface area contributed by atoms with Crippen molar-refractivity contribution in [2.24, 2.45) is 23.2 Å². The van der Waals surface area contributed by atoms with Crippen LogP contribution >= 0.6 is 0 Å². The highest BCUT2D eigenvalue weighted by atomic mass is 16.4. The van der Waals surface area contributed by atoms with E-state index in [1.54, 1.807) is 0 Å². The Bertz CT molecular complexity index is 317. The molecule has 3 unspecified atom stereocenters. The number of carboxylic acids is 1. The van der Waals surface area contributed by atoms with Gasteiger partial charge in [-0.3, -0.25) is 4.79 Å². The molecule has 0 spiro atoms. The van der Waals surface area contributed by atoms with E-state index in [1.807, 2.05) is 0 Å². The summed E-state index contributed by atoms with van der Waals surface area (Å²) in [5.74, 6) is 0.408. The first-order valence-corrected chi connectivity index (χ1v) is 7.02. The van der Waals surface area contributed by atoms with Crippen molar-refractivity contribution in [3.63, 3.8) is 0 Å². The molecular formula is C14H26N2O2. The Balaban J connectivity index is 1.68. The highest BCUT2D eigenvalue weighted by molar-refractivity contribution is 5.73. The molecule has 0 aromatic heterocycles. The first kappa shape index (κ1) is 13.8. The van der Waals surface area contributed by atoms with E-state index in [9.17, 15) is 4.79 Å². The largest absolute Gasteiger partial charge is 0.481 e.